The number of rotatable bonds is 5. The van der Waals surface area contributed by atoms with E-state index in [4.69, 9.17) is 11.6 Å². The SMILES string of the molecule is CN1[C@H](C2CCCCC2)CN(C2CCCCC2)c2cc(Cl)c(/C=C/C(C)(C)C(=O)O)cc2S1(=O)=O. The van der Waals surface area contributed by atoms with E-state index in [2.05, 4.69) is 4.90 Å². The van der Waals surface area contributed by atoms with Crippen molar-refractivity contribution in [3.8, 4) is 0 Å². The molecule has 1 N–H and O–H groups in total. The Morgan fingerprint density at radius 1 is 1.06 bits per heavy atom. The summed E-state index contributed by atoms with van der Waals surface area (Å²) in [4.78, 5) is 14.2. The molecule has 2 saturated carbocycles. The molecule has 0 spiro atoms. The Kier molecular flexibility index (Phi) is 7.89. The molecule has 3 aliphatic rings. The van der Waals surface area contributed by atoms with Gasteiger partial charge in [-0.25, -0.2) is 8.42 Å². The third kappa shape index (κ3) is 5.42. The molecule has 0 saturated heterocycles. The second kappa shape index (κ2) is 10.4. The van der Waals surface area contributed by atoms with Crippen molar-refractivity contribution < 1.29 is 18.3 Å². The van der Waals surface area contributed by atoms with Crippen LogP contribution in [0, 0.1) is 11.3 Å². The molecular weight excluding hydrogens is 484 g/mol. The minimum absolute atomic E-state index is 0.0710. The van der Waals surface area contributed by atoms with E-state index in [1.807, 2.05) is 0 Å². The summed E-state index contributed by atoms with van der Waals surface area (Å²) in [5.41, 5.74) is 0.129. The topological polar surface area (TPSA) is 77.9 Å². The smallest absolute Gasteiger partial charge is 0.312 e. The van der Waals surface area contributed by atoms with Gasteiger partial charge in [0.05, 0.1) is 11.1 Å². The first-order chi connectivity index (χ1) is 16.5. The highest BCUT2D eigenvalue weighted by molar-refractivity contribution is 7.89. The van der Waals surface area contributed by atoms with Crippen LogP contribution < -0.4 is 4.90 Å². The first kappa shape index (κ1) is 26.5. The zero-order valence-electron chi connectivity index (χ0n) is 21.2. The van der Waals surface area contributed by atoms with E-state index in [1.54, 1.807) is 49.5 Å². The number of fused-ring (bicyclic) bond motifs is 1. The van der Waals surface area contributed by atoms with E-state index in [0.717, 1.165) is 51.4 Å². The average Bonchev–Trinajstić information content (AvgIpc) is 2.91. The van der Waals surface area contributed by atoms with E-state index in [1.165, 1.54) is 12.8 Å². The fourth-order valence-electron chi connectivity index (χ4n) is 5.94. The van der Waals surface area contributed by atoms with Gasteiger partial charge >= 0.3 is 5.97 Å². The lowest BCUT2D eigenvalue weighted by atomic mass is 9.83. The Morgan fingerprint density at radius 2 is 1.66 bits per heavy atom. The first-order valence-electron chi connectivity index (χ1n) is 13.0. The van der Waals surface area contributed by atoms with Crippen LogP contribution >= 0.6 is 11.6 Å². The number of halogens is 1. The Labute approximate surface area is 215 Å². The zero-order valence-corrected chi connectivity index (χ0v) is 22.7. The number of carboxylic acid groups (broad SMARTS) is 1. The predicted molar refractivity (Wildman–Crippen MR) is 141 cm³/mol. The maximum Gasteiger partial charge on any atom is 0.312 e. The van der Waals surface area contributed by atoms with Crippen molar-refractivity contribution in [2.45, 2.75) is 95.0 Å². The van der Waals surface area contributed by atoms with Gasteiger partial charge in [0.15, 0.2) is 0 Å². The summed E-state index contributed by atoms with van der Waals surface area (Å²) in [6, 6.07) is 3.68. The molecule has 1 heterocycles. The summed E-state index contributed by atoms with van der Waals surface area (Å²) in [6.45, 7) is 3.90. The van der Waals surface area contributed by atoms with Crippen molar-refractivity contribution in [3.63, 3.8) is 0 Å². The number of hydrogen-bond acceptors (Lipinski definition) is 4. The molecule has 35 heavy (non-hydrogen) atoms. The van der Waals surface area contributed by atoms with Gasteiger partial charge < -0.3 is 10.0 Å². The van der Waals surface area contributed by atoms with E-state index < -0.39 is 21.4 Å². The first-order valence-corrected chi connectivity index (χ1v) is 14.8. The highest BCUT2D eigenvalue weighted by Crippen LogP contribution is 2.42. The Hall–Kier alpha value is -1.57. The molecule has 1 aromatic rings. The minimum atomic E-state index is -3.75. The van der Waals surface area contributed by atoms with Gasteiger partial charge in [0.25, 0.3) is 0 Å². The molecule has 4 rings (SSSR count). The summed E-state index contributed by atoms with van der Waals surface area (Å²) < 4.78 is 29.7. The molecule has 8 heteroatoms. The lowest BCUT2D eigenvalue weighted by molar-refractivity contribution is -0.144. The Bertz CT molecular complexity index is 1070. The summed E-state index contributed by atoms with van der Waals surface area (Å²) in [7, 11) is -2.02. The van der Waals surface area contributed by atoms with Gasteiger partial charge in [-0.15, -0.1) is 0 Å². The molecule has 0 aromatic heterocycles. The van der Waals surface area contributed by atoms with E-state index in [9.17, 15) is 18.3 Å². The molecule has 0 unspecified atom stereocenters. The molecule has 2 aliphatic carbocycles. The largest absolute Gasteiger partial charge is 0.481 e. The summed E-state index contributed by atoms with van der Waals surface area (Å²) in [5.74, 6) is -0.596. The van der Waals surface area contributed by atoms with Gasteiger partial charge in [0.1, 0.15) is 4.90 Å². The van der Waals surface area contributed by atoms with Crippen molar-refractivity contribution in [1.82, 2.24) is 4.31 Å². The van der Waals surface area contributed by atoms with Crippen LogP contribution in [0.15, 0.2) is 23.1 Å². The van der Waals surface area contributed by atoms with Gasteiger partial charge in [0.2, 0.25) is 10.0 Å². The van der Waals surface area contributed by atoms with Crippen molar-refractivity contribution in [2.24, 2.45) is 11.3 Å². The highest BCUT2D eigenvalue weighted by atomic mass is 35.5. The van der Waals surface area contributed by atoms with Gasteiger partial charge in [-0.1, -0.05) is 62.3 Å². The molecule has 1 atom stereocenters. The number of anilines is 1. The number of benzene rings is 1. The summed E-state index contributed by atoms with van der Waals surface area (Å²) >= 11 is 6.71. The lowest BCUT2D eigenvalue weighted by Gasteiger charge is -2.41. The quantitative estimate of drug-likeness (QED) is 0.499. The predicted octanol–water partition coefficient (Wildman–Crippen LogP) is 6.19. The Morgan fingerprint density at radius 3 is 2.26 bits per heavy atom. The van der Waals surface area contributed by atoms with Crippen LogP contribution in [0.2, 0.25) is 5.02 Å². The van der Waals surface area contributed by atoms with E-state index in [-0.39, 0.29) is 10.9 Å². The van der Waals surface area contributed by atoms with Crippen LogP contribution in [0.3, 0.4) is 0 Å². The van der Waals surface area contributed by atoms with Gasteiger partial charge in [-0.05, 0) is 63.1 Å². The molecule has 2 fully saturated rings. The molecule has 0 amide bonds. The number of sulfonamides is 1. The van der Waals surface area contributed by atoms with Crippen molar-refractivity contribution in [1.29, 1.82) is 0 Å². The maximum atomic E-state index is 14.0. The number of carbonyl (C=O) groups is 1. The molecule has 6 nitrogen and oxygen atoms in total. The molecule has 0 radical (unpaired) electrons. The molecule has 194 valence electrons. The molecule has 1 aromatic carbocycles. The molecule has 1 aliphatic heterocycles. The van der Waals surface area contributed by atoms with Gasteiger partial charge in [0, 0.05) is 30.7 Å². The number of nitrogens with zero attached hydrogens (tertiary/aromatic N) is 2. The van der Waals surface area contributed by atoms with Crippen molar-refractivity contribution in [2.75, 3.05) is 18.5 Å². The van der Waals surface area contributed by atoms with Crippen LogP contribution in [-0.2, 0) is 14.8 Å². The monoisotopic (exact) mass is 522 g/mol. The average molecular weight is 523 g/mol. The molecular formula is C27H39ClN2O4S. The molecule has 0 bridgehead atoms. The second-order valence-corrected chi connectivity index (χ2v) is 13.5. The van der Waals surface area contributed by atoms with E-state index in [0.29, 0.717) is 34.8 Å². The fraction of sp³-hybridized carbons (Fsp3) is 0.667. The maximum absolute atomic E-state index is 14.0. The zero-order chi connectivity index (χ0) is 25.4. The summed E-state index contributed by atoms with van der Waals surface area (Å²) in [6.07, 6.45) is 14.6. The van der Waals surface area contributed by atoms with Crippen LogP contribution in [-0.4, -0.2) is 49.5 Å². The Balaban J connectivity index is 1.82. The van der Waals surface area contributed by atoms with Crippen LogP contribution in [0.25, 0.3) is 6.08 Å². The van der Waals surface area contributed by atoms with Crippen LogP contribution in [0.1, 0.15) is 83.6 Å². The standard InChI is InChI=1S/C27H39ClN2O4S/c1-27(2,26(31)32)15-14-20-16-25-23(17-22(20)28)30(21-12-8-5-9-13-21)18-24(29(3)35(25,33)34)19-10-6-4-7-11-19/h14-17,19,21,24H,4-13,18H2,1-3H3,(H,31,32)/b15-14+/t24-/m0/s1. The third-order valence-electron chi connectivity index (χ3n) is 8.34. The number of aliphatic carboxylic acids is 1. The van der Waals surface area contributed by atoms with Crippen LogP contribution in [0.4, 0.5) is 5.69 Å². The van der Waals surface area contributed by atoms with E-state index >= 15 is 0 Å². The van der Waals surface area contributed by atoms with Crippen molar-refractivity contribution >= 4 is 39.4 Å². The van der Waals surface area contributed by atoms with Gasteiger partial charge in [-0.3, -0.25) is 4.79 Å². The minimum Gasteiger partial charge on any atom is -0.481 e. The van der Waals surface area contributed by atoms with Gasteiger partial charge in [-0.2, -0.15) is 4.31 Å². The number of carboxylic acids is 1. The highest BCUT2D eigenvalue weighted by Gasteiger charge is 2.42. The van der Waals surface area contributed by atoms with Crippen molar-refractivity contribution in [3.05, 3.63) is 28.8 Å². The number of likely N-dealkylation sites (N-methyl/N-ethyl adjacent to an activating group) is 1. The third-order valence-corrected chi connectivity index (χ3v) is 10.6. The fourth-order valence-corrected chi connectivity index (χ4v) is 7.78. The lowest BCUT2D eigenvalue weighted by Crippen LogP contribution is -2.49. The second-order valence-electron chi connectivity index (χ2n) is 11.1. The number of hydrogen-bond donors (Lipinski definition) is 1. The summed E-state index contributed by atoms with van der Waals surface area (Å²) in [5, 5.41) is 9.91. The van der Waals surface area contributed by atoms with Crippen LogP contribution in [0.5, 0.6) is 0 Å². The normalized spacial score (nSPS) is 24.9.